The number of para-hydroxylation sites is 1. The number of ether oxygens (including phenoxy) is 4. The molecule has 2 aliphatic heterocycles. The first-order chi connectivity index (χ1) is 14.7. The molecule has 1 unspecified atom stereocenters. The summed E-state index contributed by atoms with van der Waals surface area (Å²) in [7, 11) is 0. The normalized spacial score (nSPS) is 18.7. The monoisotopic (exact) mass is 427 g/mol. The molecular formula is C21H21N3O5S. The number of benzene rings is 2. The number of nitrogens with one attached hydrogen (secondary N) is 1. The summed E-state index contributed by atoms with van der Waals surface area (Å²) in [4.78, 5) is 19.3. The minimum Gasteiger partial charge on any atom is -0.486 e. The molecule has 9 heteroatoms. The molecule has 2 aliphatic rings. The van der Waals surface area contributed by atoms with Crippen molar-refractivity contribution in [1.82, 2.24) is 4.98 Å². The zero-order chi connectivity index (χ0) is 20.3. The summed E-state index contributed by atoms with van der Waals surface area (Å²) < 4.78 is 23.5. The summed E-state index contributed by atoms with van der Waals surface area (Å²) in [5.74, 6) is 1.28. The van der Waals surface area contributed by atoms with E-state index in [2.05, 4.69) is 16.3 Å². The molecule has 0 bridgehead atoms. The fourth-order valence-corrected chi connectivity index (χ4v) is 4.44. The van der Waals surface area contributed by atoms with Gasteiger partial charge in [0.2, 0.25) is 0 Å². The van der Waals surface area contributed by atoms with Crippen molar-refractivity contribution in [3.8, 4) is 11.5 Å². The van der Waals surface area contributed by atoms with Gasteiger partial charge in [0.25, 0.3) is 0 Å². The van der Waals surface area contributed by atoms with Crippen LogP contribution in [0.1, 0.15) is 0 Å². The molecule has 1 atom stereocenters. The number of fused-ring (bicyclic) bond motifs is 2. The second-order valence-electron chi connectivity index (χ2n) is 7.00. The molecule has 156 valence electrons. The van der Waals surface area contributed by atoms with Gasteiger partial charge in [-0.1, -0.05) is 23.5 Å². The molecule has 5 rings (SSSR count). The quantitative estimate of drug-likeness (QED) is 0.685. The van der Waals surface area contributed by atoms with E-state index in [0.29, 0.717) is 56.7 Å². The molecule has 1 fully saturated rings. The number of carbonyl (C=O) groups is 1. The zero-order valence-corrected chi connectivity index (χ0v) is 17.0. The zero-order valence-electron chi connectivity index (χ0n) is 16.2. The number of rotatable bonds is 3. The highest BCUT2D eigenvalue weighted by atomic mass is 32.1. The SMILES string of the molecule is O=C(Nc1ccc2c(c1)OCCO2)OC1COCCN(c2nc3ccccc3s2)C1. The van der Waals surface area contributed by atoms with Crippen LogP contribution in [0.4, 0.5) is 15.6 Å². The van der Waals surface area contributed by atoms with Gasteiger partial charge in [0.15, 0.2) is 16.6 Å². The maximum atomic E-state index is 12.5. The first-order valence-electron chi connectivity index (χ1n) is 9.80. The summed E-state index contributed by atoms with van der Waals surface area (Å²) in [6.07, 6.45) is -0.942. The van der Waals surface area contributed by atoms with Gasteiger partial charge in [-0.2, -0.15) is 0 Å². The predicted octanol–water partition coefficient (Wildman–Crippen LogP) is 3.52. The number of amides is 1. The van der Waals surface area contributed by atoms with Crippen molar-refractivity contribution in [1.29, 1.82) is 0 Å². The molecule has 3 heterocycles. The van der Waals surface area contributed by atoms with Crippen molar-refractivity contribution in [3.05, 3.63) is 42.5 Å². The number of hydrogen-bond donors (Lipinski definition) is 1. The van der Waals surface area contributed by atoms with Crippen LogP contribution in [-0.2, 0) is 9.47 Å². The highest BCUT2D eigenvalue weighted by Gasteiger charge is 2.24. The van der Waals surface area contributed by atoms with Crippen LogP contribution in [-0.4, -0.2) is 56.7 Å². The largest absolute Gasteiger partial charge is 0.486 e. The number of hydrogen-bond acceptors (Lipinski definition) is 8. The van der Waals surface area contributed by atoms with E-state index < -0.39 is 12.2 Å². The van der Waals surface area contributed by atoms with Crippen LogP contribution in [0, 0.1) is 0 Å². The van der Waals surface area contributed by atoms with Crippen molar-refractivity contribution in [2.45, 2.75) is 6.10 Å². The molecule has 1 amide bonds. The third-order valence-corrected chi connectivity index (χ3v) is 5.95. The highest BCUT2D eigenvalue weighted by Crippen LogP contribution is 2.33. The molecule has 0 radical (unpaired) electrons. The van der Waals surface area contributed by atoms with E-state index in [4.69, 9.17) is 23.9 Å². The lowest BCUT2D eigenvalue weighted by molar-refractivity contribution is 0.0444. The molecule has 1 aromatic heterocycles. The van der Waals surface area contributed by atoms with Crippen LogP contribution < -0.4 is 19.7 Å². The number of aromatic nitrogens is 1. The third kappa shape index (κ3) is 4.12. The van der Waals surface area contributed by atoms with Gasteiger partial charge in [-0.05, 0) is 24.3 Å². The lowest BCUT2D eigenvalue weighted by atomic mass is 10.2. The van der Waals surface area contributed by atoms with Gasteiger partial charge in [-0.15, -0.1) is 0 Å². The van der Waals surface area contributed by atoms with E-state index in [1.165, 1.54) is 0 Å². The molecule has 0 aliphatic carbocycles. The van der Waals surface area contributed by atoms with Crippen molar-refractivity contribution < 1.29 is 23.7 Å². The fraction of sp³-hybridized carbons (Fsp3) is 0.333. The lowest BCUT2D eigenvalue weighted by Gasteiger charge is -2.23. The Morgan fingerprint density at radius 2 is 2.00 bits per heavy atom. The molecule has 30 heavy (non-hydrogen) atoms. The highest BCUT2D eigenvalue weighted by molar-refractivity contribution is 7.22. The Balaban J connectivity index is 1.24. The Kier molecular flexibility index (Phi) is 5.29. The number of nitrogens with zero attached hydrogens (tertiary/aromatic N) is 2. The Hall–Kier alpha value is -3.04. The summed E-state index contributed by atoms with van der Waals surface area (Å²) in [6.45, 7) is 3.13. The Labute approximate surface area is 177 Å². The Morgan fingerprint density at radius 1 is 1.13 bits per heavy atom. The maximum Gasteiger partial charge on any atom is 0.412 e. The first-order valence-corrected chi connectivity index (χ1v) is 10.6. The Bertz CT molecular complexity index is 1020. The van der Waals surface area contributed by atoms with E-state index in [9.17, 15) is 4.79 Å². The van der Waals surface area contributed by atoms with Crippen LogP contribution in [0.15, 0.2) is 42.5 Å². The van der Waals surface area contributed by atoms with Crippen LogP contribution >= 0.6 is 11.3 Å². The van der Waals surface area contributed by atoms with Gasteiger partial charge >= 0.3 is 6.09 Å². The molecule has 0 spiro atoms. The fourth-order valence-electron chi connectivity index (χ4n) is 3.44. The van der Waals surface area contributed by atoms with Gasteiger partial charge in [0.05, 0.1) is 30.0 Å². The van der Waals surface area contributed by atoms with Crippen LogP contribution in [0.3, 0.4) is 0 Å². The van der Waals surface area contributed by atoms with Crippen LogP contribution in [0.5, 0.6) is 11.5 Å². The molecule has 1 saturated heterocycles. The standard InChI is InChI=1S/C21H21N3O5S/c25-21(22-14-5-6-17-18(11-14)28-10-9-27-17)29-15-12-24(7-8-26-13-15)20-23-16-3-1-2-4-19(16)30-20/h1-6,11,15H,7-10,12-13H2,(H,22,25). The Morgan fingerprint density at radius 3 is 2.90 bits per heavy atom. The maximum absolute atomic E-state index is 12.5. The van der Waals surface area contributed by atoms with Crippen LogP contribution in [0.25, 0.3) is 10.2 Å². The number of carbonyl (C=O) groups excluding carboxylic acids is 1. The summed E-state index contributed by atoms with van der Waals surface area (Å²) in [5, 5.41) is 3.66. The van der Waals surface area contributed by atoms with Gasteiger partial charge in [-0.3, -0.25) is 5.32 Å². The molecule has 0 saturated carbocycles. The van der Waals surface area contributed by atoms with Crippen molar-refractivity contribution in [2.24, 2.45) is 0 Å². The lowest BCUT2D eigenvalue weighted by Crippen LogP contribution is -2.36. The average molecular weight is 427 g/mol. The van der Waals surface area contributed by atoms with Gasteiger partial charge < -0.3 is 23.8 Å². The number of anilines is 2. The van der Waals surface area contributed by atoms with Crippen LogP contribution in [0.2, 0.25) is 0 Å². The van der Waals surface area contributed by atoms with E-state index in [1.54, 1.807) is 29.5 Å². The summed E-state index contributed by atoms with van der Waals surface area (Å²) >= 11 is 1.63. The summed E-state index contributed by atoms with van der Waals surface area (Å²) in [6, 6.07) is 13.3. The number of thiazole rings is 1. The first kappa shape index (κ1) is 19.0. The second-order valence-corrected chi connectivity index (χ2v) is 8.00. The molecular weight excluding hydrogens is 406 g/mol. The van der Waals surface area contributed by atoms with Crippen molar-refractivity contribution >= 4 is 38.5 Å². The van der Waals surface area contributed by atoms with E-state index >= 15 is 0 Å². The van der Waals surface area contributed by atoms with Gasteiger partial charge in [0, 0.05) is 18.3 Å². The van der Waals surface area contributed by atoms with Gasteiger partial charge in [-0.25, -0.2) is 9.78 Å². The molecule has 2 aromatic carbocycles. The minimum atomic E-state index is -0.536. The third-order valence-electron chi connectivity index (χ3n) is 4.85. The van der Waals surface area contributed by atoms with Crippen molar-refractivity contribution in [3.63, 3.8) is 0 Å². The van der Waals surface area contributed by atoms with E-state index in [-0.39, 0.29) is 0 Å². The molecule has 1 N–H and O–H groups in total. The van der Waals surface area contributed by atoms with Gasteiger partial charge in [0.1, 0.15) is 19.3 Å². The topological polar surface area (TPSA) is 82.2 Å². The smallest absolute Gasteiger partial charge is 0.412 e. The predicted molar refractivity (Wildman–Crippen MR) is 114 cm³/mol. The second kappa shape index (κ2) is 8.37. The average Bonchev–Trinajstić information content (AvgIpc) is 3.06. The minimum absolute atomic E-state index is 0.343. The summed E-state index contributed by atoms with van der Waals surface area (Å²) in [5.41, 5.74) is 1.55. The van der Waals surface area contributed by atoms with E-state index in [0.717, 1.165) is 15.3 Å². The van der Waals surface area contributed by atoms with Crippen molar-refractivity contribution in [2.75, 3.05) is 49.7 Å². The molecule has 3 aromatic rings. The molecule has 8 nitrogen and oxygen atoms in total. The van der Waals surface area contributed by atoms with E-state index in [1.807, 2.05) is 18.2 Å².